The molecule has 3 heterocycles. The van der Waals surface area contributed by atoms with Crippen molar-refractivity contribution in [3.8, 4) is 5.75 Å². The van der Waals surface area contributed by atoms with Gasteiger partial charge in [0.2, 0.25) is 0 Å². The van der Waals surface area contributed by atoms with Gasteiger partial charge in [0.1, 0.15) is 5.75 Å². The van der Waals surface area contributed by atoms with Gasteiger partial charge < -0.3 is 19.9 Å². The average Bonchev–Trinajstić information content (AvgIpc) is 3.23. The number of anilines is 1. The minimum absolute atomic E-state index is 0.00716. The molecule has 2 fully saturated rings. The lowest BCUT2D eigenvalue weighted by Gasteiger charge is -2.51. The maximum Gasteiger partial charge on any atom is 0.335 e. The Kier molecular flexibility index (Phi) is 3.62. The van der Waals surface area contributed by atoms with Crippen LogP contribution in [-0.2, 0) is 14.9 Å². The molecule has 4 aliphatic rings. The summed E-state index contributed by atoms with van der Waals surface area (Å²) < 4.78 is 10.8. The molecule has 2 bridgehead atoms. The Morgan fingerprint density at radius 3 is 2.93 bits per heavy atom. The second-order valence-electron chi connectivity index (χ2n) is 8.27. The Morgan fingerprint density at radius 1 is 1.41 bits per heavy atom. The monoisotopic (exact) mass is 370 g/mol. The third-order valence-corrected chi connectivity index (χ3v) is 7.33. The Balaban J connectivity index is 1.78. The molecule has 0 aromatic heterocycles. The lowest BCUT2D eigenvalue weighted by Crippen LogP contribution is -2.57. The molecule has 1 aromatic carbocycles. The first-order valence-electron chi connectivity index (χ1n) is 9.72. The maximum atomic E-state index is 12.9. The number of hydrogen-bond acceptors (Lipinski definition) is 6. The smallest absolute Gasteiger partial charge is 0.335 e. The number of fused-ring (bicyclic) bond motifs is 2. The number of carbonyl (C=O) groups excluding carboxylic acids is 1. The summed E-state index contributed by atoms with van der Waals surface area (Å²) >= 11 is 0. The summed E-state index contributed by atoms with van der Waals surface area (Å²) in [6.45, 7) is 3.63. The molecule has 6 nitrogen and oxygen atoms in total. The Hall–Kier alpha value is -2.05. The molecule has 1 aliphatic carbocycles. The first-order valence-corrected chi connectivity index (χ1v) is 9.72. The van der Waals surface area contributed by atoms with Crippen LogP contribution in [0.3, 0.4) is 0 Å². The third kappa shape index (κ3) is 2.00. The third-order valence-electron chi connectivity index (χ3n) is 7.33. The number of piperidine rings is 1. The molecule has 0 unspecified atom stereocenters. The van der Waals surface area contributed by atoms with Crippen LogP contribution in [0.25, 0.3) is 0 Å². The van der Waals surface area contributed by atoms with Crippen molar-refractivity contribution in [1.29, 1.82) is 0 Å². The number of nitrogens with zero attached hydrogens (tertiary/aromatic N) is 1. The normalized spacial score (nSPS) is 34.6. The summed E-state index contributed by atoms with van der Waals surface area (Å²) in [7, 11) is 3.12. The van der Waals surface area contributed by atoms with Crippen molar-refractivity contribution in [2.75, 3.05) is 32.6 Å². The van der Waals surface area contributed by atoms with E-state index in [9.17, 15) is 9.90 Å². The maximum absolute atomic E-state index is 12.9. The highest BCUT2D eigenvalue weighted by Crippen LogP contribution is 2.62. The van der Waals surface area contributed by atoms with Crippen molar-refractivity contribution in [2.45, 2.75) is 37.3 Å². The number of methoxy groups -OCH3 is 2. The van der Waals surface area contributed by atoms with E-state index in [1.165, 1.54) is 12.7 Å². The molecule has 0 saturated carbocycles. The summed E-state index contributed by atoms with van der Waals surface area (Å²) in [4.78, 5) is 15.4. The van der Waals surface area contributed by atoms with Crippen LogP contribution in [0, 0.1) is 11.8 Å². The zero-order valence-corrected chi connectivity index (χ0v) is 16.0. The summed E-state index contributed by atoms with van der Waals surface area (Å²) in [6.07, 6.45) is 1.37. The zero-order chi connectivity index (χ0) is 18.9. The summed E-state index contributed by atoms with van der Waals surface area (Å²) in [5.74, 6) is 0.560. The van der Waals surface area contributed by atoms with Crippen LogP contribution >= 0.6 is 0 Å². The molecule has 2 saturated heterocycles. The summed E-state index contributed by atoms with van der Waals surface area (Å²) in [5, 5.41) is 14.0. The van der Waals surface area contributed by atoms with E-state index in [2.05, 4.69) is 16.3 Å². The van der Waals surface area contributed by atoms with Crippen LogP contribution in [0.1, 0.15) is 25.3 Å². The standard InChI is InChI=1S/C21H26N2O4/c1-11(24)13-10-23-8-7-21-14-5-4-6-15(26-2)18(14)22-19(21)17(20(25)27-3)12(13)9-16(21)23/h4-6,11-13,16,22,24H,7-10H2,1-3H3/t11-,12-,13-,16-,21-/m0/s1. The summed E-state index contributed by atoms with van der Waals surface area (Å²) in [6, 6.07) is 6.49. The molecular weight excluding hydrogens is 344 g/mol. The lowest BCUT2D eigenvalue weighted by atomic mass is 9.60. The fourth-order valence-electron chi connectivity index (χ4n) is 6.19. The van der Waals surface area contributed by atoms with Crippen molar-refractivity contribution in [3.63, 3.8) is 0 Å². The quantitative estimate of drug-likeness (QED) is 0.792. The van der Waals surface area contributed by atoms with Gasteiger partial charge in [0.05, 0.1) is 37.0 Å². The van der Waals surface area contributed by atoms with Gasteiger partial charge in [-0.05, 0) is 37.9 Å². The number of aliphatic hydroxyl groups excluding tert-OH is 1. The topological polar surface area (TPSA) is 71.0 Å². The summed E-state index contributed by atoms with van der Waals surface area (Å²) in [5.41, 5.74) is 3.68. The van der Waals surface area contributed by atoms with Crippen LogP contribution in [0.15, 0.2) is 29.5 Å². The molecular formula is C21H26N2O4. The van der Waals surface area contributed by atoms with Crippen LogP contribution in [0.5, 0.6) is 5.75 Å². The SMILES string of the molecule is COC(=O)C1=C2Nc3c(OC)cccc3[C@]23CCN2C[C@@H]([C@H](C)O)[C@@H]1C[C@H]23. The van der Waals surface area contributed by atoms with Crippen molar-refractivity contribution < 1.29 is 19.4 Å². The lowest BCUT2D eigenvalue weighted by molar-refractivity contribution is -0.138. The molecule has 6 heteroatoms. The zero-order valence-electron chi connectivity index (χ0n) is 16.0. The van der Waals surface area contributed by atoms with Gasteiger partial charge in [0.25, 0.3) is 0 Å². The predicted molar refractivity (Wildman–Crippen MR) is 101 cm³/mol. The van der Waals surface area contributed by atoms with Crippen LogP contribution in [-0.4, -0.2) is 55.4 Å². The number of para-hydroxylation sites is 1. The average molecular weight is 370 g/mol. The Labute approximate surface area is 159 Å². The van der Waals surface area contributed by atoms with Crippen molar-refractivity contribution in [1.82, 2.24) is 4.90 Å². The molecule has 1 aromatic rings. The highest BCUT2D eigenvalue weighted by Gasteiger charge is 2.63. The van der Waals surface area contributed by atoms with E-state index in [-0.39, 0.29) is 23.2 Å². The van der Waals surface area contributed by atoms with E-state index >= 15 is 0 Å². The van der Waals surface area contributed by atoms with Crippen molar-refractivity contribution >= 4 is 11.7 Å². The van der Waals surface area contributed by atoms with Gasteiger partial charge in [-0.1, -0.05) is 12.1 Å². The minimum atomic E-state index is -0.470. The first-order chi connectivity index (χ1) is 13.0. The van der Waals surface area contributed by atoms with Crippen LogP contribution in [0.2, 0.25) is 0 Å². The largest absolute Gasteiger partial charge is 0.495 e. The number of nitrogens with one attached hydrogen (secondary N) is 1. The predicted octanol–water partition coefficient (Wildman–Crippen LogP) is 1.89. The van der Waals surface area contributed by atoms with E-state index in [1.807, 2.05) is 19.1 Å². The number of rotatable bonds is 3. The minimum Gasteiger partial charge on any atom is -0.495 e. The van der Waals surface area contributed by atoms with Gasteiger partial charge in [-0.25, -0.2) is 4.79 Å². The first kappa shape index (κ1) is 17.1. The molecule has 144 valence electrons. The fraction of sp³-hybridized carbons (Fsp3) is 0.571. The van der Waals surface area contributed by atoms with Crippen LogP contribution in [0.4, 0.5) is 5.69 Å². The van der Waals surface area contributed by atoms with E-state index in [0.717, 1.165) is 48.6 Å². The molecule has 0 amide bonds. The number of benzene rings is 1. The van der Waals surface area contributed by atoms with E-state index in [1.54, 1.807) is 7.11 Å². The van der Waals surface area contributed by atoms with Crippen molar-refractivity contribution in [2.24, 2.45) is 11.8 Å². The van der Waals surface area contributed by atoms with Gasteiger partial charge >= 0.3 is 5.97 Å². The van der Waals surface area contributed by atoms with Gasteiger partial charge in [0.15, 0.2) is 0 Å². The van der Waals surface area contributed by atoms with Gasteiger partial charge in [-0.15, -0.1) is 0 Å². The molecule has 3 aliphatic heterocycles. The Bertz CT molecular complexity index is 849. The van der Waals surface area contributed by atoms with Gasteiger partial charge in [-0.2, -0.15) is 0 Å². The van der Waals surface area contributed by atoms with E-state index in [4.69, 9.17) is 9.47 Å². The molecule has 0 radical (unpaired) electrons. The molecule has 5 atom stereocenters. The highest BCUT2D eigenvalue weighted by molar-refractivity contribution is 5.94. The second-order valence-corrected chi connectivity index (χ2v) is 8.27. The van der Waals surface area contributed by atoms with Crippen molar-refractivity contribution in [3.05, 3.63) is 35.0 Å². The highest BCUT2D eigenvalue weighted by atomic mass is 16.5. The Morgan fingerprint density at radius 2 is 2.22 bits per heavy atom. The fourth-order valence-corrected chi connectivity index (χ4v) is 6.19. The number of aliphatic hydroxyl groups is 1. The molecule has 2 N–H and O–H groups in total. The number of carbonyl (C=O) groups is 1. The second kappa shape index (κ2) is 5.72. The molecule has 5 rings (SSSR count). The number of ether oxygens (including phenoxy) is 2. The number of hydrogen-bond donors (Lipinski definition) is 2. The molecule has 27 heavy (non-hydrogen) atoms. The van der Waals surface area contributed by atoms with E-state index < -0.39 is 6.10 Å². The van der Waals surface area contributed by atoms with Gasteiger partial charge in [0, 0.05) is 30.1 Å². The number of esters is 1. The van der Waals surface area contributed by atoms with Gasteiger partial charge in [-0.3, -0.25) is 4.90 Å². The van der Waals surface area contributed by atoms with Crippen LogP contribution < -0.4 is 10.1 Å². The van der Waals surface area contributed by atoms with E-state index in [0.29, 0.717) is 6.04 Å². The molecule has 1 spiro atoms.